The largest absolute Gasteiger partial charge is 0.471 e. The number of nitrogens with one attached hydrogen (secondary N) is 2. The third kappa shape index (κ3) is 4.49. The Kier molecular flexibility index (Phi) is 5.07. The standard InChI is InChI=1S/C21H20N6O2/c1-14-9-15(2)11-17(10-14)29-13-27-8-5-18(26-27)21(28)23-20-12-19(24-25-20)16-3-6-22-7-4-16/h3-12H,13H2,1-2H3,(H2,23,24,25,28). The van der Waals surface area contributed by atoms with E-state index in [9.17, 15) is 4.79 Å². The SMILES string of the molecule is Cc1cc(C)cc(OCn2ccc(C(=O)Nc3cc(-c4ccncc4)[nH]n3)n2)c1. The van der Waals surface area contributed by atoms with E-state index in [-0.39, 0.29) is 18.3 Å². The van der Waals surface area contributed by atoms with Crippen LogP contribution in [0.5, 0.6) is 5.75 Å². The summed E-state index contributed by atoms with van der Waals surface area (Å²) in [6.45, 7) is 4.25. The van der Waals surface area contributed by atoms with E-state index in [4.69, 9.17) is 4.74 Å². The maximum absolute atomic E-state index is 12.4. The van der Waals surface area contributed by atoms with E-state index in [1.807, 2.05) is 38.1 Å². The second-order valence-corrected chi connectivity index (χ2v) is 6.69. The van der Waals surface area contributed by atoms with E-state index in [0.717, 1.165) is 28.1 Å². The van der Waals surface area contributed by atoms with Crippen molar-refractivity contribution in [2.24, 2.45) is 0 Å². The van der Waals surface area contributed by atoms with Crippen LogP contribution in [0.4, 0.5) is 5.82 Å². The highest BCUT2D eigenvalue weighted by molar-refractivity contribution is 6.02. The Morgan fingerprint density at radius 1 is 1.10 bits per heavy atom. The molecule has 8 heteroatoms. The van der Waals surface area contributed by atoms with Crippen molar-refractivity contribution in [2.45, 2.75) is 20.6 Å². The molecule has 146 valence electrons. The molecule has 1 amide bonds. The molecule has 4 rings (SSSR count). The van der Waals surface area contributed by atoms with Crippen LogP contribution in [0.15, 0.2) is 61.1 Å². The first-order valence-electron chi connectivity index (χ1n) is 9.08. The summed E-state index contributed by atoms with van der Waals surface area (Å²) in [5.74, 6) is 0.843. The molecule has 0 saturated carbocycles. The van der Waals surface area contributed by atoms with E-state index in [2.05, 4.69) is 31.7 Å². The van der Waals surface area contributed by atoms with Crippen LogP contribution < -0.4 is 10.1 Å². The number of hydrogen-bond donors (Lipinski definition) is 2. The van der Waals surface area contributed by atoms with Gasteiger partial charge in [0.1, 0.15) is 5.75 Å². The Morgan fingerprint density at radius 3 is 2.62 bits per heavy atom. The number of rotatable bonds is 6. The highest BCUT2D eigenvalue weighted by atomic mass is 16.5. The molecule has 0 bridgehead atoms. The number of aromatic nitrogens is 5. The van der Waals surface area contributed by atoms with Gasteiger partial charge in [-0.05, 0) is 55.3 Å². The molecule has 3 heterocycles. The smallest absolute Gasteiger partial charge is 0.277 e. The zero-order valence-electron chi connectivity index (χ0n) is 16.1. The zero-order valence-corrected chi connectivity index (χ0v) is 16.1. The van der Waals surface area contributed by atoms with Crippen molar-refractivity contribution < 1.29 is 9.53 Å². The van der Waals surface area contributed by atoms with Crippen molar-refractivity contribution in [3.8, 4) is 17.0 Å². The fraction of sp³-hybridized carbons (Fsp3) is 0.143. The van der Waals surface area contributed by atoms with Crippen molar-refractivity contribution in [1.82, 2.24) is 25.0 Å². The fourth-order valence-corrected chi connectivity index (χ4v) is 2.96. The first kappa shape index (κ1) is 18.4. The molecule has 0 saturated heterocycles. The second-order valence-electron chi connectivity index (χ2n) is 6.69. The topological polar surface area (TPSA) is 97.7 Å². The average molecular weight is 388 g/mol. The van der Waals surface area contributed by atoms with Crippen LogP contribution >= 0.6 is 0 Å². The lowest BCUT2D eigenvalue weighted by molar-refractivity contribution is 0.102. The number of ether oxygens (including phenoxy) is 1. The van der Waals surface area contributed by atoms with E-state index in [1.54, 1.807) is 35.4 Å². The summed E-state index contributed by atoms with van der Waals surface area (Å²) < 4.78 is 7.33. The maximum Gasteiger partial charge on any atom is 0.277 e. The van der Waals surface area contributed by atoms with Gasteiger partial charge in [0.15, 0.2) is 18.2 Å². The predicted octanol–water partition coefficient (Wildman–Crippen LogP) is 3.57. The summed E-state index contributed by atoms with van der Waals surface area (Å²) in [4.78, 5) is 16.4. The minimum absolute atomic E-state index is 0.213. The first-order valence-corrected chi connectivity index (χ1v) is 9.08. The Hall–Kier alpha value is -3.94. The van der Waals surface area contributed by atoms with E-state index >= 15 is 0 Å². The van der Waals surface area contributed by atoms with Crippen molar-refractivity contribution in [3.63, 3.8) is 0 Å². The van der Waals surface area contributed by atoms with E-state index < -0.39 is 0 Å². The van der Waals surface area contributed by atoms with Crippen molar-refractivity contribution in [1.29, 1.82) is 0 Å². The molecule has 0 aliphatic rings. The van der Waals surface area contributed by atoms with Crippen LogP contribution in [-0.4, -0.2) is 30.9 Å². The molecule has 0 aliphatic carbocycles. The molecule has 4 aromatic rings. The van der Waals surface area contributed by atoms with Crippen molar-refractivity contribution in [3.05, 3.63) is 77.9 Å². The molecule has 0 spiro atoms. The van der Waals surface area contributed by atoms with Gasteiger partial charge < -0.3 is 10.1 Å². The molecule has 0 aliphatic heterocycles. The van der Waals surface area contributed by atoms with Crippen LogP contribution in [0, 0.1) is 13.8 Å². The van der Waals surface area contributed by atoms with Gasteiger partial charge >= 0.3 is 0 Å². The third-order valence-electron chi connectivity index (χ3n) is 4.24. The average Bonchev–Trinajstić information content (AvgIpc) is 3.36. The van der Waals surface area contributed by atoms with Gasteiger partial charge in [-0.3, -0.25) is 14.9 Å². The molecular formula is C21H20N6O2. The molecule has 3 aromatic heterocycles. The summed E-state index contributed by atoms with van der Waals surface area (Å²) in [7, 11) is 0. The summed E-state index contributed by atoms with van der Waals surface area (Å²) in [5, 5.41) is 14.0. The van der Waals surface area contributed by atoms with Gasteiger partial charge in [0.05, 0.1) is 5.69 Å². The minimum atomic E-state index is -0.345. The summed E-state index contributed by atoms with van der Waals surface area (Å²) >= 11 is 0. The van der Waals surface area contributed by atoms with Gasteiger partial charge in [-0.2, -0.15) is 10.2 Å². The highest BCUT2D eigenvalue weighted by Crippen LogP contribution is 2.19. The second kappa shape index (κ2) is 7.97. The number of anilines is 1. The monoisotopic (exact) mass is 388 g/mol. The fourth-order valence-electron chi connectivity index (χ4n) is 2.96. The molecule has 0 radical (unpaired) electrons. The Morgan fingerprint density at radius 2 is 1.86 bits per heavy atom. The molecule has 29 heavy (non-hydrogen) atoms. The first-order chi connectivity index (χ1) is 14.1. The molecule has 0 fully saturated rings. The van der Waals surface area contributed by atoms with Crippen LogP contribution in [0.2, 0.25) is 0 Å². The Bertz CT molecular complexity index is 1110. The number of hydrogen-bond acceptors (Lipinski definition) is 5. The van der Waals surface area contributed by atoms with Gasteiger partial charge in [-0.15, -0.1) is 0 Å². The molecule has 0 atom stereocenters. The summed E-state index contributed by atoms with van der Waals surface area (Å²) in [6, 6.07) is 13.1. The van der Waals surface area contributed by atoms with Crippen LogP contribution in [0.3, 0.4) is 0 Å². The van der Waals surface area contributed by atoms with Gasteiger partial charge in [0.25, 0.3) is 5.91 Å². The minimum Gasteiger partial charge on any atom is -0.471 e. The Balaban J connectivity index is 1.38. The number of aromatic amines is 1. The number of pyridine rings is 1. The third-order valence-corrected chi connectivity index (χ3v) is 4.24. The van der Waals surface area contributed by atoms with Gasteiger partial charge in [-0.1, -0.05) is 6.07 Å². The Labute approximate surface area is 167 Å². The molecule has 1 aromatic carbocycles. The normalized spacial score (nSPS) is 10.7. The maximum atomic E-state index is 12.4. The number of H-pyrrole nitrogens is 1. The van der Waals surface area contributed by atoms with Gasteiger partial charge in [0, 0.05) is 30.2 Å². The molecule has 2 N–H and O–H groups in total. The summed E-state index contributed by atoms with van der Waals surface area (Å²) in [5.41, 5.74) is 4.26. The molecular weight excluding hydrogens is 368 g/mol. The quantitative estimate of drug-likeness (QED) is 0.526. The highest BCUT2D eigenvalue weighted by Gasteiger charge is 2.12. The van der Waals surface area contributed by atoms with Crippen LogP contribution in [0.1, 0.15) is 21.6 Å². The lowest BCUT2D eigenvalue weighted by Gasteiger charge is -2.08. The van der Waals surface area contributed by atoms with Gasteiger partial charge in [-0.25, -0.2) is 4.68 Å². The number of carbonyl (C=O) groups is 1. The van der Waals surface area contributed by atoms with Crippen molar-refractivity contribution >= 4 is 11.7 Å². The lowest BCUT2D eigenvalue weighted by atomic mass is 10.1. The number of amides is 1. The number of aryl methyl sites for hydroxylation is 2. The van der Waals surface area contributed by atoms with E-state index in [1.165, 1.54) is 0 Å². The van der Waals surface area contributed by atoms with Gasteiger partial charge in [0.2, 0.25) is 0 Å². The summed E-state index contributed by atoms with van der Waals surface area (Å²) in [6.07, 6.45) is 5.09. The van der Waals surface area contributed by atoms with Crippen LogP contribution in [-0.2, 0) is 6.73 Å². The number of benzene rings is 1. The van der Waals surface area contributed by atoms with E-state index in [0.29, 0.717) is 5.82 Å². The lowest BCUT2D eigenvalue weighted by Crippen LogP contribution is -2.14. The van der Waals surface area contributed by atoms with Crippen LogP contribution in [0.25, 0.3) is 11.3 Å². The molecule has 0 unspecified atom stereocenters. The predicted molar refractivity (Wildman–Crippen MR) is 109 cm³/mol. The number of nitrogens with zero attached hydrogens (tertiary/aromatic N) is 4. The van der Waals surface area contributed by atoms with Crippen molar-refractivity contribution in [2.75, 3.05) is 5.32 Å². The molecule has 8 nitrogen and oxygen atoms in total. The zero-order chi connectivity index (χ0) is 20.2. The number of carbonyl (C=O) groups excluding carboxylic acids is 1.